The molecule has 1 atom stereocenters. The van der Waals surface area contributed by atoms with Crippen LogP contribution in [0.15, 0.2) is 18.2 Å². The number of piperidine rings is 1. The molecule has 2 saturated heterocycles. The Bertz CT molecular complexity index is 655. The highest BCUT2D eigenvalue weighted by Crippen LogP contribution is 2.34. The summed E-state index contributed by atoms with van der Waals surface area (Å²) in [6.45, 7) is 6.95. The summed E-state index contributed by atoms with van der Waals surface area (Å²) in [7, 11) is 0. The van der Waals surface area contributed by atoms with E-state index in [0.717, 1.165) is 50.4 Å². The van der Waals surface area contributed by atoms with Gasteiger partial charge in [-0.25, -0.2) is 0 Å². The highest BCUT2D eigenvalue weighted by molar-refractivity contribution is 5.77. The molecule has 1 aromatic carbocycles. The zero-order chi connectivity index (χ0) is 18.0. The van der Waals surface area contributed by atoms with Crippen LogP contribution in [-0.2, 0) is 16.0 Å². The third-order valence-corrected chi connectivity index (χ3v) is 5.67. The first-order valence-corrected chi connectivity index (χ1v) is 9.63. The molecule has 26 heavy (non-hydrogen) atoms. The van der Waals surface area contributed by atoms with E-state index in [4.69, 9.17) is 14.2 Å². The summed E-state index contributed by atoms with van der Waals surface area (Å²) in [5, 5.41) is 2.91. The van der Waals surface area contributed by atoms with Gasteiger partial charge in [0.2, 0.25) is 12.7 Å². The number of likely N-dealkylation sites (tertiary alicyclic amines) is 1. The fraction of sp³-hybridized carbons (Fsp3) is 0.650. The van der Waals surface area contributed by atoms with Gasteiger partial charge in [-0.15, -0.1) is 0 Å². The van der Waals surface area contributed by atoms with E-state index < -0.39 is 0 Å². The van der Waals surface area contributed by atoms with Crippen LogP contribution in [0.5, 0.6) is 11.5 Å². The number of nitrogens with zero attached hydrogens (tertiary/aromatic N) is 1. The van der Waals surface area contributed by atoms with Crippen LogP contribution in [0, 0.1) is 5.92 Å². The zero-order valence-electron chi connectivity index (χ0n) is 15.5. The molecule has 1 spiro atoms. The number of hydrogen-bond donors (Lipinski definition) is 1. The first-order chi connectivity index (χ1) is 12.6. The highest BCUT2D eigenvalue weighted by Gasteiger charge is 2.38. The molecule has 0 bridgehead atoms. The van der Waals surface area contributed by atoms with Gasteiger partial charge in [-0.05, 0) is 42.9 Å². The standard InChI is InChI=1S/C20H28N2O4/c1-15(10-16-2-3-17-18(11-16)25-14-24-17)13-22-7-4-20(5-8-22)12-19(23)21-6-9-26-20/h2-3,11,15H,4-10,12-14H2,1H3,(H,21,23). The maximum Gasteiger partial charge on any atom is 0.231 e. The van der Waals surface area contributed by atoms with Crippen LogP contribution in [0.3, 0.4) is 0 Å². The lowest BCUT2D eigenvalue weighted by Crippen LogP contribution is -2.48. The van der Waals surface area contributed by atoms with Gasteiger partial charge in [0, 0.05) is 26.2 Å². The van der Waals surface area contributed by atoms with Crippen molar-refractivity contribution in [1.82, 2.24) is 10.2 Å². The van der Waals surface area contributed by atoms with Crippen molar-refractivity contribution in [2.75, 3.05) is 39.6 Å². The van der Waals surface area contributed by atoms with Gasteiger partial charge in [0.05, 0.1) is 18.6 Å². The topological polar surface area (TPSA) is 60.0 Å². The third-order valence-electron chi connectivity index (χ3n) is 5.67. The number of benzene rings is 1. The largest absolute Gasteiger partial charge is 0.454 e. The maximum atomic E-state index is 11.9. The molecule has 6 heteroatoms. The van der Waals surface area contributed by atoms with Crippen LogP contribution in [0.1, 0.15) is 31.7 Å². The van der Waals surface area contributed by atoms with Gasteiger partial charge in [-0.1, -0.05) is 13.0 Å². The first kappa shape index (κ1) is 17.6. The molecule has 1 amide bonds. The Morgan fingerprint density at radius 3 is 2.88 bits per heavy atom. The molecule has 0 aliphatic carbocycles. The molecule has 1 unspecified atom stereocenters. The summed E-state index contributed by atoms with van der Waals surface area (Å²) in [4.78, 5) is 14.4. The number of nitrogens with one attached hydrogen (secondary N) is 1. The Morgan fingerprint density at radius 2 is 2.04 bits per heavy atom. The molecule has 0 radical (unpaired) electrons. The summed E-state index contributed by atoms with van der Waals surface area (Å²) in [5.41, 5.74) is 1.05. The molecule has 3 heterocycles. The monoisotopic (exact) mass is 360 g/mol. The van der Waals surface area contributed by atoms with E-state index in [2.05, 4.69) is 29.3 Å². The van der Waals surface area contributed by atoms with Gasteiger partial charge in [0.1, 0.15) is 0 Å². The quantitative estimate of drug-likeness (QED) is 0.890. The minimum absolute atomic E-state index is 0.132. The maximum absolute atomic E-state index is 11.9. The van der Waals surface area contributed by atoms with E-state index >= 15 is 0 Å². The van der Waals surface area contributed by atoms with Crippen molar-refractivity contribution in [3.05, 3.63) is 23.8 Å². The SMILES string of the molecule is CC(Cc1ccc2c(c1)OCO2)CN1CCC2(CC1)CC(=O)NCCO2. The van der Waals surface area contributed by atoms with Gasteiger partial charge in [0.15, 0.2) is 11.5 Å². The number of amides is 1. The van der Waals surface area contributed by atoms with E-state index in [0.29, 0.717) is 32.3 Å². The van der Waals surface area contributed by atoms with Crippen LogP contribution < -0.4 is 14.8 Å². The summed E-state index contributed by atoms with van der Waals surface area (Å²) in [6.07, 6.45) is 3.42. The van der Waals surface area contributed by atoms with Gasteiger partial charge in [-0.3, -0.25) is 4.79 Å². The molecule has 2 fully saturated rings. The number of carbonyl (C=O) groups excluding carboxylic acids is 1. The average molecular weight is 360 g/mol. The zero-order valence-corrected chi connectivity index (χ0v) is 15.5. The van der Waals surface area contributed by atoms with Crippen LogP contribution in [0.2, 0.25) is 0 Å². The summed E-state index contributed by atoms with van der Waals surface area (Å²) in [5.74, 6) is 2.39. The lowest BCUT2D eigenvalue weighted by molar-refractivity contribution is -0.128. The molecule has 0 saturated carbocycles. The highest BCUT2D eigenvalue weighted by atomic mass is 16.7. The number of hydrogen-bond acceptors (Lipinski definition) is 5. The minimum atomic E-state index is -0.238. The molecule has 4 rings (SSSR count). The summed E-state index contributed by atoms with van der Waals surface area (Å²) in [6, 6.07) is 6.23. The van der Waals surface area contributed by atoms with Crippen LogP contribution in [0.25, 0.3) is 0 Å². The summed E-state index contributed by atoms with van der Waals surface area (Å²) >= 11 is 0. The number of carbonyl (C=O) groups is 1. The number of rotatable bonds is 4. The van der Waals surface area contributed by atoms with Crippen molar-refractivity contribution < 1.29 is 19.0 Å². The fourth-order valence-electron chi connectivity index (χ4n) is 4.30. The van der Waals surface area contributed by atoms with Crippen molar-refractivity contribution >= 4 is 5.91 Å². The molecule has 0 aromatic heterocycles. The van der Waals surface area contributed by atoms with Crippen molar-refractivity contribution in [3.8, 4) is 11.5 Å². The minimum Gasteiger partial charge on any atom is -0.454 e. The summed E-state index contributed by atoms with van der Waals surface area (Å²) < 4.78 is 16.9. The lowest BCUT2D eigenvalue weighted by Gasteiger charge is -2.41. The Labute approximate surface area is 154 Å². The Morgan fingerprint density at radius 1 is 1.23 bits per heavy atom. The Kier molecular flexibility index (Phi) is 5.05. The van der Waals surface area contributed by atoms with Crippen molar-refractivity contribution in [2.24, 2.45) is 5.92 Å². The fourth-order valence-corrected chi connectivity index (χ4v) is 4.30. The van der Waals surface area contributed by atoms with Gasteiger partial charge in [0.25, 0.3) is 0 Å². The van der Waals surface area contributed by atoms with Crippen LogP contribution in [0.4, 0.5) is 0 Å². The molecule has 3 aliphatic heterocycles. The molecule has 6 nitrogen and oxygen atoms in total. The molecule has 142 valence electrons. The molecule has 1 N–H and O–H groups in total. The van der Waals surface area contributed by atoms with Gasteiger partial charge < -0.3 is 24.4 Å². The van der Waals surface area contributed by atoms with Crippen molar-refractivity contribution in [1.29, 1.82) is 0 Å². The number of fused-ring (bicyclic) bond motifs is 1. The van der Waals surface area contributed by atoms with E-state index in [1.807, 2.05) is 6.07 Å². The third kappa shape index (κ3) is 3.96. The van der Waals surface area contributed by atoms with Gasteiger partial charge in [-0.2, -0.15) is 0 Å². The van der Waals surface area contributed by atoms with Crippen LogP contribution in [-0.4, -0.2) is 56.0 Å². The van der Waals surface area contributed by atoms with Crippen LogP contribution >= 0.6 is 0 Å². The lowest BCUT2D eigenvalue weighted by atomic mass is 9.87. The van der Waals surface area contributed by atoms with Gasteiger partial charge >= 0.3 is 0 Å². The van der Waals surface area contributed by atoms with Crippen molar-refractivity contribution in [3.63, 3.8) is 0 Å². The second-order valence-electron chi connectivity index (χ2n) is 7.86. The second-order valence-corrected chi connectivity index (χ2v) is 7.86. The molecular weight excluding hydrogens is 332 g/mol. The first-order valence-electron chi connectivity index (χ1n) is 9.63. The van der Waals surface area contributed by atoms with E-state index in [9.17, 15) is 4.79 Å². The number of ether oxygens (including phenoxy) is 3. The Hall–Kier alpha value is -1.79. The molecule has 3 aliphatic rings. The molecular formula is C20H28N2O4. The van der Waals surface area contributed by atoms with E-state index in [1.54, 1.807) is 0 Å². The predicted molar refractivity (Wildman–Crippen MR) is 97.4 cm³/mol. The van der Waals surface area contributed by atoms with E-state index in [1.165, 1.54) is 5.56 Å². The average Bonchev–Trinajstić information content (AvgIpc) is 3.01. The van der Waals surface area contributed by atoms with Crippen molar-refractivity contribution in [2.45, 2.75) is 38.2 Å². The smallest absolute Gasteiger partial charge is 0.231 e. The Balaban J connectivity index is 1.28. The predicted octanol–water partition coefficient (Wildman–Crippen LogP) is 1.96. The van der Waals surface area contributed by atoms with E-state index in [-0.39, 0.29) is 11.5 Å². The molecule has 1 aromatic rings. The normalized spacial score (nSPS) is 23.5. The second kappa shape index (κ2) is 7.45.